The molecule has 2 heterocycles. The van der Waals surface area contributed by atoms with Crippen LogP contribution in [0.1, 0.15) is 47.4 Å². The van der Waals surface area contributed by atoms with E-state index in [1.54, 1.807) is 48.5 Å². The van der Waals surface area contributed by atoms with Crippen molar-refractivity contribution in [2.45, 2.75) is 59.2 Å². The summed E-state index contributed by atoms with van der Waals surface area (Å²) in [6.07, 6.45) is -0.899. The first kappa shape index (κ1) is 33.7. The highest BCUT2D eigenvalue weighted by atomic mass is 35.5. The summed E-state index contributed by atoms with van der Waals surface area (Å²) in [5.74, 6) is 0.0350. The second-order valence-corrected chi connectivity index (χ2v) is 12.3. The minimum absolute atomic E-state index is 0.0642. The van der Waals surface area contributed by atoms with Crippen molar-refractivity contribution in [2.24, 2.45) is 0 Å². The molecular formula is C31H30Cl3N3O8. The summed E-state index contributed by atoms with van der Waals surface area (Å²) in [6, 6.07) is 14.7. The zero-order chi connectivity index (χ0) is 33.1. The van der Waals surface area contributed by atoms with Crippen LogP contribution < -0.4 is 20.0 Å². The minimum atomic E-state index is -1.03. The number of hydrogen-bond acceptors (Lipinski definition) is 9. The molecule has 0 saturated heterocycles. The maximum Gasteiger partial charge on any atom is 0.442 e. The molecule has 0 aliphatic rings. The van der Waals surface area contributed by atoms with Gasteiger partial charge in [-0.3, -0.25) is 0 Å². The van der Waals surface area contributed by atoms with Gasteiger partial charge in [-0.1, -0.05) is 55.6 Å². The fraction of sp³-hybridized carbons (Fsp3) is 0.290. The number of fused-ring (bicyclic) bond motifs is 1. The first-order chi connectivity index (χ1) is 21.1. The Morgan fingerprint density at radius 2 is 1.58 bits per heavy atom. The van der Waals surface area contributed by atoms with Gasteiger partial charge < -0.3 is 28.2 Å². The van der Waals surface area contributed by atoms with Crippen molar-refractivity contribution in [3.63, 3.8) is 0 Å². The molecule has 3 aromatic carbocycles. The summed E-state index contributed by atoms with van der Waals surface area (Å²) in [6.45, 7) is 10.9. The van der Waals surface area contributed by atoms with E-state index in [-0.39, 0.29) is 22.6 Å². The van der Waals surface area contributed by atoms with E-state index in [2.05, 4.69) is 10.1 Å². The number of carboxylic acids is 1. The summed E-state index contributed by atoms with van der Waals surface area (Å²) in [5.41, 5.74) is 1.15. The first-order valence-electron chi connectivity index (χ1n) is 13.6. The van der Waals surface area contributed by atoms with Gasteiger partial charge in [0.05, 0.1) is 21.8 Å². The lowest BCUT2D eigenvalue weighted by Gasteiger charge is -2.13. The topological polar surface area (TPSA) is 139 Å². The van der Waals surface area contributed by atoms with Crippen LogP contribution in [0.15, 0.2) is 68.2 Å². The molecule has 1 atom stereocenters. The van der Waals surface area contributed by atoms with E-state index in [1.807, 2.05) is 34.6 Å². The third kappa shape index (κ3) is 8.72. The molecule has 0 radical (unpaired) electrons. The summed E-state index contributed by atoms with van der Waals surface area (Å²) in [4.78, 5) is 27.0. The Kier molecular flexibility index (Phi) is 10.4. The molecule has 11 nitrogen and oxygen atoms in total. The van der Waals surface area contributed by atoms with Crippen LogP contribution in [0.4, 0.5) is 0 Å². The van der Waals surface area contributed by atoms with E-state index in [4.69, 9.17) is 63.0 Å². The van der Waals surface area contributed by atoms with Gasteiger partial charge in [-0.15, -0.1) is 5.10 Å². The lowest BCUT2D eigenvalue weighted by Crippen LogP contribution is -2.22. The Labute approximate surface area is 273 Å². The molecule has 45 heavy (non-hydrogen) atoms. The van der Waals surface area contributed by atoms with Gasteiger partial charge in [0.15, 0.2) is 11.7 Å². The Balaban J connectivity index is 0.000000205. The first-order valence-corrected chi connectivity index (χ1v) is 14.7. The molecule has 5 aromatic rings. The normalized spacial score (nSPS) is 12.0. The number of ether oxygens (including phenoxy) is 3. The maximum atomic E-state index is 12.1. The zero-order valence-electron chi connectivity index (χ0n) is 25.1. The van der Waals surface area contributed by atoms with Crippen LogP contribution in [0.3, 0.4) is 0 Å². The van der Waals surface area contributed by atoms with Gasteiger partial charge in [0, 0.05) is 22.6 Å². The van der Waals surface area contributed by atoms with Crippen LogP contribution in [0.5, 0.6) is 23.3 Å². The number of halogens is 3. The van der Waals surface area contributed by atoms with Gasteiger partial charge in [0.2, 0.25) is 5.89 Å². The monoisotopic (exact) mass is 677 g/mol. The molecule has 0 aliphatic carbocycles. The van der Waals surface area contributed by atoms with E-state index in [0.717, 1.165) is 4.68 Å². The highest BCUT2D eigenvalue weighted by Crippen LogP contribution is 2.34. The predicted molar refractivity (Wildman–Crippen MR) is 170 cm³/mol. The fourth-order valence-electron chi connectivity index (χ4n) is 3.62. The van der Waals surface area contributed by atoms with E-state index >= 15 is 0 Å². The predicted octanol–water partition coefficient (Wildman–Crippen LogP) is 8.34. The largest absolute Gasteiger partial charge is 0.489 e. The number of rotatable bonds is 8. The molecule has 14 heteroatoms. The summed E-state index contributed by atoms with van der Waals surface area (Å²) in [5, 5.41) is 14.2. The van der Waals surface area contributed by atoms with E-state index in [9.17, 15) is 9.59 Å². The number of nitrogens with zero attached hydrogens (tertiary/aromatic N) is 3. The molecule has 5 rings (SSSR count). The molecule has 0 spiro atoms. The number of carbonyl (C=O) groups is 1. The van der Waals surface area contributed by atoms with Gasteiger partial charge in [-0.2, -0.15) is 9.67 Å². The summed E-state index contributed by atoms with van der Waals surface area (Å²) < 4.78 is 28.1. The number of carboxylic acid groups (broad SMARTS) is 1. The van der Waals surface area contributed by atoms with Crippen LogP contribution in [0, 0.1) is 0 Å². The molecule has 0 saturated carbocycles. The lowest BCUT2D eigenvalue weighted by atomic mass is 9.97. The number of aromatic nitrogens is 3. The van der Waals surface area contributed by atoms with E-state index < -0.39 is 17.8 Å². The van der Waals surface area contributed by atoms with Crippen molar-refractivity contribution in [1.29, 1.82) is 0 Å². The molecule has 0 amide bonds. The third-order valence-corrected chi connectivity index (χ3v) is 6.64. The molecule has 0 bridgehead atoms. The summed E-state index contributed by atoms with van der Waals surface area (Å²) >= 11 is 18.2. The van der Waals surface area contributed by atoms with Gasteiger partial charge >= 0.3 is 17.8 Å². The van der Waals surface area contributed by atoms with Crippen molar-refractivity contribution in [1.82, 2.24) is 14.8 Å². The smallest absolute Gasteiger partial charge is 0.442 e. The highest BCUT2D eigenvalue weighted by Gasteiger charge is 2.24. The summed E-state index contributed by atoms with van der Waals surface area (Å²) in [7, 11) is 0. The molecule has 2 aromatic heterocycles. The van der Waals surface area contributed by atoms with Crippen molar-refractivity contribution < 1.29 is 32.9 Å². The second-order valence-electron chi connectivity index (χ2n) is 11.0. The Hall–Kier alpha value is -4.19. The Morgan fingerprint density at radius 3 is 2.18 bits per heavy atom. The van der Waals surface area contributed by atoms with Crippen LogP contribution >= 0.6 is 34.8 Å². The zero-order valence-corrected chi connectivity index (χ0v) is 27.4. The average Bonchev–Trinajstić information content (AvgIpc) is 3.53. The fourth-order valence-corrected chi connectivity index (χ4v) is 4.29. The van der Waals surface area contributed by atoms with Crippen LogP contribution in [0.25, 0.3) is 16.8 Å². The number of benzene rings is 3. The Bertz CT molecular complexity index is 1860. The number of oxazole rings is 1. The van der Waals surface area contributed by atoms with Gasteiger partial charge in [0.25, 0.3) is 0 Å². The van der Waals surface area contributed by atoms with Crippen LogP contribution in [-0.2, 0) is 10.2 Å². The average molecular weight is 679 g/mol. The highest BCUT2D eigenvalue weighted by molar-refractivity contribution is 6.36. The Morgan fingerprint density at radius 1 is 0.911 bits per heavy atom. The molecular weight excluding hydrogens is 649 g/mol. The van der Waals surface area contributed by atoms with Crippen molar-refractivity contribution in [3.05, 3.63) is 86.1 Å². The minimum Gasteiger partial charge on any atom is -0.489 e. The molecule has 1 N–H and O–H groups in total. The van der Waals surface area contributed by atoms with Crippen molar-refractivity contribution in [2.75, 3.05) is 0 Å². The molecule has 238 valence electrons. The second kappa shape index (κ2) is 13.8. The van der Waals surface area contributed by atoms with Crippen LogP contribution in [0.2, 0.25) is 15.1 Å². The third-order valence-electron chi connectivity index (χ3n) is 5.80. The number of aliphatic carboxylic acids is 1. The molecule has 0 aliphatic heterocycles. The maximum absolute atomic E-state index is 12.1. The molecule has 1 unspecified atom stereocenters. The standard InChI is InChI=1S/C16H12ClNO5.C15H18Cl2N2O3/c1-9(15(19)20)21-11-3-5-12(6-4-11)22-16-18-13-7-2-10(17)8-14(13)23-16;1-8(2)21-12-7-11(9(16)6-10(12)17)19-14(20)22-13(18-19)15(3,4)5/h2-9H,1H3,(H,19,20);6-8H,1-5H3. The van der Waals surface area contributed by atoms with E-state index in [0.29, 0.717) is 50.0 Å². The van der Waals surface area contributed by atoms with Gasteiger partial charge in [-0.05, 0) is 63.2 Å². The van der Waals surface area contributed by atoms with Crippen molar-refractivity contribution >= 4 is 51.9 Å². The van der Waals surface area contributed by atoms with Gasteiger partial charge in [-0.25, -0.2) is 9.59 Å². The van der Waals surface area contributed by atoms with Crippen LogP contribution in [-0.4, -0.2) is 38.0 Å². The lowest BCUT2D eigenvalue weighted by molar-refractivity contribution is -0.144. The van der Waals surface area contributed by atoms with Gasteiger partial charge in [0.1, 0.15) is 22.8 Å². The quantitative estimate of drug-likeness (QED) is 0.170. The van der Waals surface area contributed by atoms with E-state index in [1.165, 1.54) is 13.0 Å². The SMILES string of the molecule is CC(C)Oc1cc(-n2nc(C(C)(C)C)oc2=O)c(Cl)cc1Cl.CC(Oc1ccc(Oc2nc3ccc(Cl)cc3o2)cc1)C(=O)O. The van der Waals surface area contributed by atoms with Crippen molar-refractivity contribution in [3.8, 4) is 29.0 Å². The number of hydrogen-bond donors (Lipinski definition) is 1. The molecule has 0 fully saturated rings.